The molecule has 5 heteroatoms. The highest BCUT2D eigenvalue weighted by Crippen LogP contribution is 2.18. The number of benzene rings is 1. The smallest absolute Gasteiger partial charge is 0.316 e. The maximum absolute atomic E-state index is 10.7. The van der Waals surface area contributed by atoms with Crippen molar-refractivity contribution >= 4 is 11.7 Å². The average Bonchev–Trinajstić information content (AvgIpc) is 2.75. The number of nitrogens with two attached hydrogens (primary N) is 1. The van der Waals surface area contributed by atoms with E-state index in [1.165, 1.54) is 12.0 Å². The summed E-state index contributed by atoms with van der Waals surface area (Å²) in [6.45, 7) is 4.42. The van der Waals surface area contributed by atoms with Crippen LogP contribution in [0, 0.1) is 0 Å². The molecular formula is C14H22N4O. The molecule has 0 radical (unpaired) electrons. The number of rotatable bonds is 4. The molecule has 1 heterocycles. The SMILES string of the molecule is CC(NC1CCN(C)C1)c1ccc(NC(N)=O)cc1. The van der Waals surface area contributed by atoms with E-state index < -0.39 is 6.03 Å². The van der Waals surface area contributed by atoms with Crippen LogP contribution >= 0.6 is 0 Å². The lowest BCUT2D eigenvalue weighted by molar-refractivity contribution is 0.259. The van der Waals surface area contributed by atoms with Crippen molar-refractivity contribution in [2.75, 3.05) is 25.5 Å². The number of carbonyl (C=O) groups is 1. The van der Waals surface area contributed by atoms with Gasteiger partial charge in [-0.2, -0.15) is 0 Å². The molecule has 1 aromatic carbocycles. The van der Waals surface area contributed by atoms with Gasteiger partial charge in [0.15, 0.2) is 0 Å². The van der Waals surface area contributed by atoms with Gasteiger partial charge in [0.1, 0.15) is 0 Å². The fraction of sp³-hybridized carbons (Fsp3) is 0.500. The number of nitrogens with zero attached hydrogens (tertiary/aromatic N) is 1. The summed E-state index contributed by atoms with van der Waals surface area (Å²) in [5, 5.41) is 6.19. The lowest BCUT2D eigenvalue weighted by atomic mass is 10.1. The van der Waals surface area contributed by atoms with Gasteiger partial charge in [-0.1, -0.05) is 12.1 Å². The molecule has 1 aliphatic rings. The number of primary amides is 1. The van der Waals surface area contributed by atoms with Gasteiger partial charge in [-0.15, -0.1) is 0 Å². The highest BCUT2D eigenvalue weighted by atomic mass is 16.2. The van der Waals surface area contributed by atoms with Gasteiger partial charge in [0.2, 0.25) is 0 Å². The predicted molar refractivity (Wildman–Crippen MR) is 77.1 cm³/mol. The van der Waals surface area contributed by atoms with Crippen LogP contribution in [0.2, 0.25) is 0 Å². The summed E-state index contributed by atoms with van der Waals surface area (Å²) < 4.78 is 0. The third kappa shape index (κ3) is 3.94. The molecule has 2 atom stereocenters. The number of amides is 2. The Hall–Kier alpha value is -1.59. The first kappa shape index (κ1) is 13.8. The third-order valence-electron chi connectivity index (χ3n) is 3.56. The van der Waals surface area contributed by atoms with Crippen molar-refractivity contribution in [3.05, 3.63) is 29.8 Å². The minimum absolute atomic E-state index is 0.305. The Morgan fingerprint density at radius 2 is 2.11 bits per heavy atom. The molecule has 0 aliphatic carbocycles. The topological polar surface area (TPSA) is 70.4 Å². The Balaban J connectivity index is 1.91. The van der Waals surface area contributed by atoms with E-state index in [9.17, 15) is 4.79 Å². The van der Waals surface area contributed by atoms with Gasteiger partial charge in [-0.25, -0.2) is 4.79 Å². The molecule has 1 saturated heterocycles. The van der Waals surface area contributed by atoms with Crippen LogP contribution in [0.4, 0.5) is 10.5 Å². The lowest BCUT2D eigenvalue weighted by Gasteiger charge is -2.20. The summed E-state index contributed by atoms with van der Waals surface area (Å²) in [5.41, 5.74) is 7.02. The zero-order valence-electron chi connectivity index (χ0n) is 11.5. The van der Waals surface area contributed by atoms with E-state index in [0.717, 1.165) is 18.8 Å². The zero-order chi connectivity index (χ0) is 13.8. The van der Waals surface area contributed by atoms with Crippen LogP contribution in [0.5, 0.6) is 0 Å². The fourth-order valence-corrected chi connectivity index (χ4v) is 2.52. The van der Waals surface area contributed by atoms with Crippen molar-refractivity contribution in [2.24, 2.45) is 5.73 Å². The van der Waals surface area contributed by atoms with Crippen molar-refractivity contribution in [1.29, 1.82) is 0 Å². The lowest BCUT2D eigenvalue weighted by Crippen LogP contribution is -2.33. The Bertz CT molecular complexity index is 432. The highest BCUT2D eigenvalue weighted by Gasteiger charge is 2.20. The van der Waals surface area contributed by atoms with Crippen molar-refractivity contribution in [3.63, 3.8) is 0 Å². The number of likely N-dealkylation sites (tertiary alicyclic amines) is 1. The van der Waals surface area contributed by atoms with Crippen LogP contribution in [0.1, 0.15) is 24.9 Å². The van der Waals surface area contributed by atoms with Crippen LogP contribution in [-0.2, 0) is 0 Å². The number of hydrogen-bond donors (Lipinski definition) is 3. The van der Waals surface area contributed by atoms with Gasteiger partial charge in [0, 0.05) is 24.3 Å². The summed E-state index contributed by atoms with van der Waals surface area (Å²) in [7, 11) is 2.15. The number of urea groups is 1. The number of likely N-dealkylation sites (N-methyl/N-ethyl adjacent to an activating group) is 1. The molecule has 1 fully saturated rings. The van der Waals surface area contributed by atoms with Crippen LogP contribution in [-0.4, -0.2) is 37.1 Å². The molecule has 104 valence electrons. The minimum Gasteiger partial charge on any atom is -0.351 e. The minimum atomic E-state index is -0.534. The number of carbonyl (C=O) groups excluding carboxylic acids is 1. The summed E-state index contributed by atoms with van der Waals surface area (Å²) in [6, 6.07) is 8.11. The molecule has 5 nitrogen and oxygen atoms in total. The van der Waals surface area contributed by atoms with E-state index >= 15 is 0 Å². The van der Waals surface area contributed by atoms with Crippen molar-refractivity contribution in [3.8, 4) is 0 Å². The molecule has 0 spiro atoms. The maximum atomic E-state index is 10.7. The standard InChI is InChI=1S/C14H22N4O/c1-10(16-13-7-8-18(2)9-13)11-3-5-12(6-4-11)17-14(15)19/h3-6,10,13,16H,7-9H2,1-2H3,(H3,15,17,19). The molecule has 0 saturated carbocycles. The number of anilines is 1. The Morgan fingerprint density at radius 3 is 2.63 bits per heavy atom. The average molecular weight is 262 g/mol. The predicted octanol–water partition coefficient (Wildman–Crippen LogP) is 1.53. The molecule has 0 bridgehead atoms. The molecule has 2 rings (SSSR count). The van der Waals surface area contributed by atoms with Gasteiger partial charge in [0.25, 0.3) is 0 Å². The number of hydrogen-bond acceptors (Lipinski definition) is 3. The second-order valence-corrected chi connectivity index (χ2v) is 5.25. The van der Waals surface area contributed by atoms with E-state index in [1.807, 2.05) is 24.3 Å². The highest BCUT2D eigenvalue weighted by molar-refractivity contribution is 5.87. The van der Waals surface area contributed by atoms with E-state index in [4.69, 9.17) is 5.73 Å². The molecule has 4 N–H and O–H groups in total. The normalized spacial score (nSPS) is 21.3. The first-order valence-corrected chi connectivity index (χ1v) is 6.65. The van der Waals surface area contributed by atoms with Crippen molar-refractivity contribution in [2.45, 2.75) is 25.4 Å². The first-order chi connectivity index (χ1) is 9.04. The first-order valence-electron chi connectivity index (χ1n) is 6.65. The van der Waals surface area contributed by atoms with Crippen LogP contribution in [0.25, 0.3) is 0 Å². The molecule has 1 aliphatic heterocycles. The Kier molecular flexibility index (Phi) is 4.39. The third-order valence-corrected chi connectivity index (χ3v) is 3.56. The summed E-state index contributed by atoms with van der Waals surface area (Å²) in [6.07, 6.45) is 1.20. The molecule has 0 aromatic heterocycles. The van der Waals surface area contributed by atoms with Crippen molar-refractivity contribution < 1.29 is 4.79 Å². The molecule has 19 heavy (non-hydrogen) atoms. The second-order valence-electron chi connectivity index (χ2n) is 5.25. The Labute approximate surface area is 114 Å². The molecule has 2 amide bonds. The molecule has 2 unspecified atom stereocenters. The van der Waals surface area contributed by atoms with E-state index in [-0.39, 0.29) is 0 Å². The van der Waals surface area contributed by atoms with E-state index in [0.29, 0.717) is 12.1 Å². The van der Waals surface area contributed by atoms with Gasteiger partial charge in [0.05, 0.1) is 0 Å². The van der Waals surface area contributed by atoms with Crippen LogP contribution < -0.4 is 16.4 Å². The summed E-state index contributed by atoms with van der Waals surface area (Å²) in [4.78, 5) is 13.1. The van der Waals surface area contributed by atoms with Crippen molar-refractivity contribution in [1.82, 2.24) is 10.2 Å². The van der Waals surface area contributed by atoms with Crippen LogP contribution in [0.15, 0.2) is 24.3 Å². The fourth-order valence-electron chi connectivity index (χ4n) is 2.52. The van der Waals surface area contributed by atoms with E-state index in [1.54, 1.807) is 0 Å². The van der Waals surface area contributed by atoms with Gasteiger partial charge in [-0.05, 0) is 44.6 Å². The zero-order valence-corrected chi connectivity index (χ0v) is 11.5. The van der Waals surface area contributed by atoms with Gasteiger partial charge < -0.3 is 21.3 Å². The molecular weight excluding hydrogens is 240 g/mol. The number of nitrogens with one attached hydrogen (secondary N) is 2. The summed E-state index contributed by atoms with van der Waals surface area (Å²) in [5.74, 6) is 0. The quantitative estimate of drug-likeness (QED) is 0.770. The molecule has 1 aromatic rings. The monoisotopic (exact) mass is 262 g/mol. The largest absolute Gasteiger partial charge is 0.351 e. The Morgan fingerprint density at radius 1 is 1.42 bits per heavy atom. The van der Waals surface area contributed by atoms with Crippen LogP contribution in [0.3, 0.4) is 0 Å². The van der Waals surface area contributed by atoms with E-state index in [2.05, 4.69) is 29.5 Å². The second kappa shape index (κ2) is 6.04. The van der Waals surface area contributed by atoms with Gasteiger partial charge in [-0.3, -0.25) is 0 Å². The maximum Gasteiger partial charge on any atom is 0.316 e. The van der Waals surface area contributed by atoms with Gasteiger partial charge >= 0.3 is 6.03 Å². The summed E-state index contributed by atoms with van der Waals surface area (Å²) >= 11 is 0.